The van der Waals surface area contributed by atoms with Crippen molar-refractivity contribution in [3.63, 3.8) is 0 Å². The predicted octanol–water partition coefficient (Wildman–Crippen LogP) is 4.26. The predicted molar refractivity (Wildman–Crippen MR) is 86.9 cm³/mol. The number of pyridine rings is 1. The zero-order valence-electron chi connectivity index (χ0n) is 12.5. The molecule has 110 valence electrons. The third-order valence-electron chi connectivity index (χ3n) is 3.21. The van der Waals surface area contributed by atoms with Crippen LogP contribution >= 0.6 is 0 Å². The van der Waals surface area contributed by atoms with Gasteiger partial charge in [-0.25, -0.2) is 4.98 Å². The Labute approximate surface area is 125 Å². The molecule has 1 heterocycles. The van der Waals surface area contributed by atoms with Crippen molar-refractivity contribution in [3.05, 3.63) is 48.2 Å². The summed E-state index contributed by atoms with van der Waals surface area (Å²) in [5.41, 5.74) is 3.13. The highest BCUT2D eigenvalue weighted by Gasteiger charge is 2.03. The van der Waals surface area contributed by atoms with Crippen molar-refractivity contribution in [2.75, 3.05) is 10.6 Å². The summed E-state index contributed by atoms with van der Waals surface area (Å²) in [6.45, 7) is 4.12. The molecule has 4 nitrogen and oxygen atoms in total. The molecular weight excluding hydrogens is 262 g/mol. The molecule has 2 aromatic rings. The molecule has 0 atom stereocenters. The number of para-hydroxylation sites is 1. The van der Waals surface area contributed by atoms with Crippen molar-refractivity contribution < 1.29 is 4.79 Å². The average molecular weight is 283 g/mol. The van der Waals surface area contributed by atoms with Crippen LogP contribution in [0.15, 0.2) is 42.6 Å². The number of carbonyl (C=O) groups excluding carboxylic acids is 1. The average Bonchev–Trinajstić information content (AvgIpc) is 2.49. The highest BCUT2D eigenvalue weighted by molar-refractivity contribution is 5.89. The van der Waals surface area contributed by atoms with Crippen LogP contribution in [-0.2, 0) is 4.79 Å². The SMILES string of the molecule is CCCCC(=O)Nc1ccc(Nc2ccccc2C)cn1. The van der Waals surface area contributed by atoms with E-state index in [9.17, 15) is 4.79 Å². The van der Waals surface area contributed by atoms with Crippen molar-refractivity contribution >= 4 is 23.1 Å². The quantitative estimate of drug-likeness (QED) is 0.832. The van der Waals surface area contributed by atoms with Crippen molar-refractivity contribution in [1.82, 2.24) is 4.98 Å². The van der Waals surface area contributed by atoms with Gasteiger partial charge in [0.05, 0.1) is 11.9 Å². The fraction of sp³-hybridized carbons (Fsp3) is 0.294. The minimum absolute atomic E-state index is 0.0176. The maximum absolute atomic E-state index is 11.6. The van der Waals surface area contributed by atoms with Crippen LogP contribution in [-0.4, -0.2) is 10.9 Å². The minimum atomic E-state index is 0.0176. The van der Waals surface area contributed by atoms with Crippen LogP contribution in [0.2, 0.25) is 0 Å². The number of aromatic nitrogens is 1. The Hall–Kier alpha value is -2.36. The molecule has 0 aliphatic carbocycles. The number of benzene rings is 1. The van der Waals surface area contributed by atoms with E-state index < -0.39 is 0 Å². The lowest BCUT2D eigenvalue weighted by atomic mass is 10.2. The smallest absolute Gasteiger partial charge is 0.225 e. The van der Waals surface area contributed by atoms with E-state index in [1.807, 2.05) is 30.3 Å². The first kappa shape index (κ1) is 15.0. The molecule has 0 aliphatic rings. The van der Waals surface area contributed by atoms with E-state index in [1.54, 1.807) is 6.20 Å². The molecule has 0 aliphatic heterocycles. The first-order chi connectivity index (χ1) is 10.2. The molecule has 2 rings (SSSR count). The summed E-state index contributed by atoms with van der Waals surface area (Å²) in [4.78, 5) is 15.9. The van der Waals surface area contributed by atoms with Gasteiger partial charge in [0.25, 0.3) is 0 Å². The van der Waals surface area contributed by atoms with E-state index >= 15 is 0 Å². The van der Waals surface area contributed by atoms with Gasteiger partial charge in [0.1, 0.15) is 5.82 Å². The van der Waals surface area contributed by atoms with Crippen molar-refractivity contribution in [2.24, 2.45) is 0 Å². The van der Waals surface area contributed by atoms with Crippen LogP contribution in [0.3, 0.4) is 0 Å². The van der Waals surface area contributed by atoms with Crippen molar-refractivity contribution in [1.29, 1.82) is 0 Å². The van der Waals surface area contributed by atoms with Crippen molar-refractivity contribution in [2.45, 2.75) is 33.1 Å². The number of unbranched alkanes of at least 4 members (excludes halogenated alkanes) is 1. The van der Waals surface area contributed by atoms with Gasteiger partial charge in [0.15, 0.2) is 0 Å². The molecule has 0 radical (unpaired) electrons. The number of hydrogen-bond acceptors (Lipinski definition) is 3. The molecule has 0 saturated carbocycles. The Morgan fingerprint density at radius 2 is 2.00 bits per heavy atom. The van der Waals surface area contributed by atoms with Gasteiger partial charge in [-0.15, -0.1) is 0 Å². The lowest BCUT2D eigenvalue weighted by molar-refractivity contribution is -0.116. The molecule has 0 spiro atoms. The van der Waals surface area contributed by atoms with Crippen LogP contribution in [0.25, 0.3) is 0 Å². The zero-order chi connectivity index (χ0) is 15.1. The third-order valence-corrected chi connectivity index (χ3v) is 3.21. The summed E-state index contributed by atoms with van der Waals surface area (Å²) >= 11 is 0. The highest BCUT2D eigenvalue weighted by Crippen LogP contribution is 2.20. The van der Waals surface area contributed by atoms with E-state index in [4.69, 9.17) is 0 Å². The molecular formula is C17H21N3O. The summed E-state index contributed by atoms with van der Waals surface area (Å²) < 4.78 is 0. The van der Waals surface area contributed by atoms with Gasteiger partial charge >= 0.3 is 0 Å². The summed E-state index contributed by atoms with van der Waals surface area (Å²) in [5.74, 6) is 0.607. The number of carbonyl (C=O) groups is 1. The Bertz CT molecular complexity index is 593. The Kier molecular flexibility index (Phi) is 5.32. The van der Waals surface area contributed by atoms with Gasteiger partial charge < -0.3 is 10.6 Å². The fourth-order valence-electron chi connectivity index (χ4n) is 1.95. The van der Waals surface area contributed by atoms with E-state index in [0.29, 0.717) is 12.2 Å². The number of hydrogen-bond donors (Lipinski definition) is 2. The number of nitrogens with one attached hydrogen (secondary N) is 2. The van der Waals surface area contributed by atoms with Gasteiger partial charge in [-0.2, -0.15) is 0 Å². The topological polar surface area (TPSA) is 54.0 Å². The molecule has 0 fully saturated rings. The van der Waals surface area contributed by atoms with E-state index in [-0.39, 0.29) is 5.91 Å². The van der Waals surface area contributed by atoms with Crippen LogP contribution in [0, 0.1) is 6.92 Å². The number of rotatable bonds is 6. The standard InChI is InChI=1S/C17H21N3O/c1-3-4-9-17(21)20-16-11-10-14(12-18-16)19-15-8-6-5-7-13(15)2/h5-8,10-12,19H,3-4,9H2,1-2H3,(H,18,20,21). The van der Waals surface area contributed by atoms with Crippen LogP contribution in [0.1, 0.15) is 31.7 Å². The number of nitrogens with zero attached hydrogens (tertiary/aromatic N) is 1. The maximum atomic E-state index is 11.6. The van der Waals surface area contributed by atoms with E-state index in [1.165, 1.54) is 5.56 Å². The molecule has 0 unspecified atom stereocenters. The van der Waals surface area contributed by atoms with E-state index in [0.717, 1.165) is 24.2 Å². The summed E-state index contributed by atoms with van der Waals surface area (Å²) in [6, 6.07) is 11.8. The lowest BCUT2D eigenvalue weighted by Crippen LogP contribution is -2.12. The van der Waals surface area contributed by atoms with E-state index in [2.05, 4.69) is 35.5 Å². The summed E-state index contributed by atoms with van der Waals surface area (Å²) in [5, 5.41) is 6.11. The monoisotopic (exact) mass is 283 g/mol. The Morgan fingerprint density at radius 3 is 2.67 bits per heavy atom. The van der Waals surface area contributed by atoms with Gasteiger partial charge in [0.2, 0.25) is 5.91 Å². The van der Waals surface area contributed by atoms with Gasteiger partial charge in [-0.1, -0.05) is 31.5 Å². The molecule has 0 saturated heterocycles. The molecule has 2 N–H and O–H groups in total. The molecule has 21 heavy (non-hydrogen) atoms. The zero-order valence-corrected chi connectivity index (χ0v) is 12.5. The molecule has 0 bridgehead atoms. The Morgan fingerprint density at radius 1 is 1.19 bits per heavy atom. The summed E-state index contributed by atoms with van der Waals surface area (Å²) in [6.07, 6.45) is 4.18. The second kappa shape index (κ2) is 7.43. The lowest BCUT2D eigenvalue weighted by Gasteiger charge is -2.10. The first-order valence-corrected chi connectivity index (χ1v) is 7.27. The van der Waals surface area contributed by atoms with Crippen LogP contribution in [0.5, 0.6) is 0 Å². The van der Waals surface area contributed by atoms with Crippen LogP contribution < -0.4 is 10.6 Å². The van der Waals surface area contributed by atoms with Crippen molar-refractivity contribution in [3.8, 4) is 0 Å². The van der Waals surface area contributed by atoms with Gasteiger partial charge in [0, 0.05) is 12.1 Å². The molecule has 1 aromatic carbocycles. The summed E-state index contributed by atoms with van der Waals surface area (Å²) in [7, 11) is 0. The highest BCUT2D eigenvalue weighted by atomic mass is 16.1. The second-order valence-corrected chi connectivity index (χ2v) is 5.02. The first-order valence-electron chi connectivity index (χ1n) is 7.27. The van der Waals surface area contributed by atoms with Gasteiger partial charge in [-0.3, -0.25) is 4.79 Å². The minimum Gasteiger partial charge on any atom is -0.354 e. The number of aryl methyl sites for hydroxylation is 1. The van der Waals surface area contributed by atoms with Crippen LogP contribution in [0.4, 0.5) is 17.2 Å². The Balaban J connectivity index is 1.96. The third kappa shape index (κ3) is 4.60. The number of anilines is 3. The number of amides is 1. The largest absolute Gasteiger partial charge is 0.354 e. The fourth-order valence-corrected chi connectivity index (χ4v) is 1.95. The molecule has 1 aromatic heterocycles. The normalized spacial score (nSPS) is 10.2. The molecule has 4 heteroatoms. The second-order valence-electron chi connectivity index (χ2n) is 5.02. The molecule has 1 amide bonds. The van der Waals surface area contributed by atoms with Gasteiger partial charge in [-0.05, 0) is 37.1 Å². The maximum Gasteiger partial charge on any atom is 0.225 e.